The summed E-state index contributed by atoms with van der Waals surface area (Å²) in [5.41, 5.74) is 0. The Kier molecular flexibility index (Phi) is 4.26. The minimum atomic E-state index is -1.15. The number of hydrogen-bond acceptors (Lipinski definition) is 4. The number of carbonyl (C=O) groups is 2. The highest BCUT2D eigenvalue weighted by Gasteiger charge is 2.43. The number of nitrogens with one attached hydrogen (secondary N) is 1. The van der Waals surface area contributed by atoms with Gasteiger partial charge < -0.3 is 25.5 Å². The largest absolute Gasteiger partial charge is 0.480 e. The zero-order valence-corrected chi connectivity index (χ0v) is 10.7. The van der Waals surface area contributed by atoms with Crippen LogP contribution in [0.15, 0.2) is 0 Å². The molecule has 2 aliphatic heterocycles. The molecule has 2 aliphatic rings. The maximum absolute atomic E-state index is 12.1. The van der Waals surface area contributed by atoms with Gasteiger partial charge in [0, 0.05) is 25.1 Å². The molecular formula is C12H20N2O5. The lowest BCUT2D eigenvalue weighted by atomic mass is 10.0. The van der Waals surface area contributed by atoms with Crippen LogP contribution in [0.25, 0.3) is 0 Å². The molecular weight excluding hydrogens is 252 g/mol. The summed E-state index contributed by atoms with van der Waals surface area (Å²) in [5.74, 6) is -1.15. The molecule has 0 aromatic carbocycles. The summed E-state index contributed by atoms with van der Waals surface area (Å²) in [6.07, 6.45) is 2.45. The number of aliphatic hydroxyl groups excluding tert-OH is 2. The molecule has 0 saturated carbocycles. The van der Waals surface area contributed by atoms with E-state index in [1.807, 2.05) is 0 Å². The highest BCUT2D eigenvalue weighted by Crippen LogP contribution is 2.35. The predicted octanol–water partition coefficient (Wildman–Crippen LogP) is -0.481. The molecule has 2 heterocycles. The molecule has 2 amide bonds. The molecule has 0 aliphatic carbocycles. The number of carboxylic acid groups (broad SMARTS) is 1. The summed E-state index contributed by atoms with van der Waals surface area (Å²) in [6, 6.07) is -1.47. The number of aliphatic hydroxyl groups is 2. The van der Waals surface area contributed by atoms with Crippen molar-refractivity contribution in [1.82, 2.24) is 10.2 Å². The number of carbonyl (C=O) groups excluding carboxylic acids is 1. The lowest BCUT2D eigenvalue weighted by Crippen LogP contribution is -2.55. The molecule has 2 saturated heterocycles. The lowest BCUT2D eigenvalue weighted by molar-refractivity contribution is -0.139. The summed E-state index contributed by atoms with van der Waals surface area (Å²) in [5, 5.41) is 29.9. The van der Waals surface area contributed by atoms with Gasteiger partial charge in [-0.15, -0.1) is 0 Å². The van der Waals surface area contributed by atoms with E-state index in [1.165, 1.54) is 0 Å². The van der Waals surface area contributed by atoms with Crippen LogP contribution in [0.5, 0.6) is 0 Å². The molecule has 7 nitrogen and oxygen atoms in total. The Morgan fingerprint density at radius 3 is 2.32 bits per heavy atom. The minimum absolute atomic E-state index is 0.00248. The number of urea groups is 1. The topological polar surface area (TPSA) is 110 Å². The fourth-order valence-corrected chi connectivity index (χ4v) is 3.09. The van der Waals surface area contributed by atoms with Crippen LogP contribution in [0.1, 0.15) is 32.1 Å². The van der Waals surface area contributed by atoms with E-state index >= 15 is 0 Å². The van der Waals surface area contributed by atoms with Gasteiger partial charge in [-0.2, -0.15) is 0 Å². The first kappa shape index (κ1) is 14.1. The number of rotatable bonds is 4. The summed E-state index contributed by atoms with van der Waals surface area (Å²) < 4.78 is 0. The van der Waals surface area contributed by atoms with Gasteiger partial charge >= 0.3 is 12.0 Å². The Bertz CT molecular complexity index is 348. The van der Waals surface area contributed by atoms with E-state index in [-0.39, 0.29) is 31.2 Å². The van der Waals surface area contributed by atoms with Crippen molar-refractivity contribution in [3.63, 3.8) is 0 Å². The standard InChI is InChI=1S/C12H20N2O5/c15-4-3-10(11(17)18)13-12(19)14-7-1-2-8(14)6-9(16)5-7/h7-10,15-16H,1-6H2,(H,13,19)(H,17,18)/t7?,8?,9?,10-/m1/s1. The van der Waals surface area contributed by atoms with Crippen LogP contribution in [0.4, 0.5) is 4.79 Å². The van der Waals surface area contributed by atoms with Gasteiger partial charge in [0.15, 0.2) is 0 Å². The third-order valence-corrected chi connectivity index (χ3v) is 3.96. The third kappa shape index (κ3) is 2.98. The van der Waals surface area contributed by atoms with Crippen LogP contribution in [0.2, 0.25) is 0 Å². The molecule has 2 rings (SSSR count). The molecule has 4 N–H and O–H groups in total. The van der Waals surface area contributed by atoms with Crippen molar-refractivity contribution in [3.8, 4) is 0 Å². The highest BCUT2D eigenvalue weighted by atomic mass is 16.4. The summed E-state index contributed by atoms with van der Waals surface area (Å²) in [7, 11) is 0. The van der Waals surface area contributed by atoms with Gasteiger partial charge in [-0.05, 0) is 25.7 Å². The van der Waals surface area contributed by atoms with E-state index in [0.29, 0.717) is 12.8 Å². The number of nitrogens with zero attached hydrogens (tertiary/aromatic N) is 1. The van der Waals surface area contributed by atoms with Gasteiger partial charge in [-0.25, -0.2) is 9.59 Å². The molecule has 108 valence electrons. The summed E-state index contributed by atoms with van der Waals surface area (Å²) in [6.45, 7) is -0.289. The van der Waals surface area contributed by atoms with Crippen molar-refractivity contribution in [3.05, 3.63) is 0 Å². The van der Waals surface area contributed by atoms with Crippen molar-refractivity contribution < 1.29 is 24.9 Å². The summed E-state index contributed by atoms with van der Waals surface area (Å²) in [4.78, 5) is 24.8. The van der Waals surface area contributed by atoms with E-state index in [9.17, 15) is 14.7 Å². The van der Waals surface area contributed by atoms with Crippen LogP contribution < -0.4 is 5.32 Å². The maximum Gasteiger partial charge on any atom is 0.326 e. The zero-order valence-electron chi connectivity index (χ0n) is 10.7. The number of aliphatic carboxylic acids is 1. The minimum Gasteiger partial charge on any atom is -0.480 e. The lowest BCUT2D eigenvalue weighted by Gasteiger charge is -2.37. The van der Waals surface area contributed by atoms with E-state index in [4.69, 9.17) is 10.2 Å². The molecule has 2 bridgehead atoms. The van der Waals surface area contributed by atoms with Crippen molar-refractivity contribution in [2.45, 2.75) is 56.3 Å². The molecule has 0 spiro atoms. The van der Waals surface area contributed by atoms with E-state index in [2.05, 4.69) is 5.32 Å². The van der Waals surface area contributed by atoms with Crippen LogP contribution in [0.3, 0.4) is 0 Å². The number of carboxylic acids is 1. The van der Waals surface area contributed by atoms with Crippen LogP contribution in [-0.2, 0) is 4.79 Å². The quantitative estimate of drug-likeness (QED) is 0.552. The number of fused-ring (bicyclic) bond motifs is 2. The molecule has 2 unspecified atom stereocenters. The average molecular weight is 272 g/mol. The molecule has 0 aromatic heterocycles. The Hall–Kier alpha value is -1.34. The third-order valence-electron chi connectivity index (χ3n) is 3.96. The van der Waals surface area contributed by atoms with Crippen molar-refractivity contribution in [2.75, 3.05) is 6.61 Å². The van der Waals surface area contributed by atoms with Gasteiger partial charge in [0.1, 0.15) is 6.04 Å². The fraction of sp³-hybridized carbons (Fsp3) is 0.833. The second kappa shape index (κ2) is 5.75. The van der Waals surface area contributed by atoms with Gasteiger partial charge in [-0.1, -0.05) is 0 Å². The Labute approximate surface area is 111 Å². The van der Waals surface area contributed by atoms with Gasteiger partial charge in [0.25, 0.3) is 0 Å². The van der Waals surface area contributed by atoms with Crippen molar-refractivity contribution in [1.29, 1.82) is 0 Å². The SMILES string of the molecule is O=C(O)[C@@H](CCO)NC(=O)N1C2CCC1CC(O)C2. The first-order valence-corrected chi connectivity index (χ1v) is 6.63. The Morgan fingerprint density at radius 2 is 1.84 bits per heavy atom. The summed E-state index contributed by atoms with van der Waals surface area (Å²) >= 11 is 0. The highest BCUT2D eigenvalue weighted by molar-refractivity contribution is 5.83. The molecule has 7 heteroatoms. The van der Waals surface area contributed by atoms with Crippen LogP contribution in [-0.4, -0.2) is 63.1 Å². The Balaban J connectivity index is 1.98. The number of piperidine rings is 1. The maximum atomic E-state index is 12.1. The Morgan fingerprint density at radius 1 is 1.26 bits per heavy atom. The molecule has 3 atom stereocenters. The second-order valence-electron chi connectivity index (χ2n) is 5.27. The number of hydrogen-bond donors (Lipinski definition) is 4. The average Bonchev–Trinajstić information content (AvgIpc) is 2.61. The van der Waals surface area contributed by atoms with Crippen LogP contribution in [0, 0.1) is 0 Å². The van der Waals surface area contributed by atoms with Crippen molar-refractivity contribution in [2.24, 2.45) is 0 Å². The normalized spacial score (nSPS) is 31.1. The van der Waals surface area contributed by atoms with Gasteiger partial charge in [0.05, 0.1) is 6.10 Å². The van der Waals surface area contributed by atoms with E-state index in [0.717, 1.165) is 12.8 Å². The fourth-order valence-electron chi connectivity index (χ4n) is 3.09. The molecule has 2 fully saturated rings. The van der Waals surface area contributed by atoms with E-state index < -0.39 is 18.0 Å². The second-order valence-corrected chi connectivity index (χ2v) is 5.27. The van der Waals surface area contributed by atoms with Crippen LogP contribution >= 0.6 is 0 Å². The number of amides is 2. The predicted molar refractivity (Wildman–Crippen MR) is 65.5 cm³/mol. The molecule has 0 aromatic rings. The van der Waals surface area contributed by atoms with E-state index in [1.54, 1.807) is 4.90 Å². The van der Waals surface area contributed by atoms with Gasteiger partial charge in [0.2, 0.25) is 0 Å². The molecule has 0 radical (unpaired) electrons. The first-order chi connectivity index (χ1) is 9.02. The van der Waals surface area contributed by atoms with Crippen molar-refractivity contribution >= 4 is 12.0 Å². The molecule has 19 heavy (non-hydrogen) atoms. The van der Waals surface area contributed by atoms with Gasteiger partial charge in [-0.3, -0.25) is 0 Å². The zero-order chi connectivity index (χ0) is 14.0. The smallest absolute Gasteiger partial charge is 0.326 e. The monoisotopic (exact) mass is 272 g/mol. The first-order valence-electron chi connectivity index (χ1n) is 6.63.